The van der Waals surface area contributed by atoms with Crippen molar-refractivity contribution < 1.29 is 14.3 Å². The average Bonchev–Trinajstić information content (AvgIpc) is 2.32. The Hall–Kier alpha value is -1.16. The van der Waals surface area contributed by atoms with Crippen molar-refractivity contribution in [3.63, 3.8) is 0 Å². The van der Waals surface area contributed by atoms with Gasteiger partial charge in [0.2, 0.25) is 0 Å². The molecule has 0 saturated carbocycles. The third kappa shape index (κ3) is 7.78. The van der Waals surface area contributed by atoms with E-state index in [-0.39, 0.29) is 16.8 Å². The van der Waals surface area contributed by atoms with Crippen molar-refractivity contribution in [1.29, 1.82) is 0 Å². The Morgan fingerprint density at radius 1 is 1.26 bits per heavy atom. The Balaban J connectivity index is 2.47. The monoisotopic (exact) mass is 282 g/mol. The van der Waals surface area contributed by atoms with E-state index >= 15 is 0 Å². The fourth-order valence-electron chi connectivity index (χ4n) is 1.40. The van der Waals surface area contributed by atoms with Crippen LogP contribution in [-0.4, -0.2) is 29.2 Å². The molecule has 1 atom stereocenters. The number of thioether (sulfide) groups is 1. The molecular formula is C15H22O3S. The van der Waals surface area contributed by atoms with Crippen molar-refractivity contribution >= 4 is 17.7 Å². The molecule has 1 aromatic rings. The molecule has 19 heavy (non-hydrogen) atoms. The van der Waals surface area contributed by atoms with Gasteiger partial charge in [0.1, 0.15) is 18.5 Å². The molecule has 0 spiro atoms. The molecule has 0 radical (unpaired) electrons. The minimum Gasteiger partial charge on any atom is -0.490 e. The van der Waals surface area contributed by atoms with Crippen LogP contribution in [-0.2, 0) is 9.53 Å². The van der Waals surface area contributed by atoms with Gasteiger partial charge in [-0.2, -0.15) is 11.8 Å². The molecule has 106 valence electrons. The van der Waals surface area contributed by atoms with E-state index in [1.807, 2.05) is 30.3 Å². The summed E-state index contributed by atoms with van der Waals surface area (Å²) in [5, 5.41) is 0. The maximum Gasteiger partial charge on any atom is 0.303 e. The lowest BCUT2D eigenvalue weighted by atomic mass is 10.3. The Morgan fingerprint density at radius 3 is 2.42 bits per heavy atom. The molecule has 0 unspecified atom stereocenters. The zero-order valence-electron chi connectivity index (χ0n) is 12.0. The molecule has 0 aromatic heterocycles. The molecule has 3 nitrogen and oxygen atoms in total. The lowest BCUT2D eigenvalue weighted by Crippen LogP contribution is -2.28. The van der Waals surface area contributed by atoms with Crippen LogP contribution in [0.3, 0.4) is 0 Å². The maximum atomic E-state index is 11.1. The van der Waals surface area contributed by atoms with Crippen molar-refractivity contribution in [1.82, 2.24) is 0 Å². The highest BCUT2D eigenvalue weighted by atomic mass is 32.2. The van der Waals surface area contributed by atoms with Crippen LogP contribution in [0.15, 0.2) is 30.3 Å². The number of esters is 1. The number of para-hydroxylation sites is 1. The summed E-state index contributed by atoms with van der Waals surface area (Å²) in [5.41, 5.74) is 0. The van der Waals surface area contributed by atoms with E-state index < -0.39 is 0 Å². The first-order valence-corrected chi connectivity index (χ1v) is 7.34. The summed E-state index contributed by atoms with van der Waals surface area (Å²) in [7, 11) is 0. The van der Waals surface area contributed by atoms with E-state index in [4.69, 9.17) is 9.47 Å². The summed E-state index contributed by atoms with van der Waals surface area (Å²) in [5.74, 6) is 1.26. The first-order valence-electron chi connectivity index (χ1n) is 6.36. The van der Waals surface area contributed by atoms with Gasteiger partial charge in [-0.3, -0.25) is 4.79 Å². The molecule has 0 heterocycles. The minimum absolute atomic E-state index is 0.144. The molecule has 0 fully saturated rings. The Kier molecular flexibility index (Phi) is 6.22. The Morgan fingerprint density at radius 2 is 1.89 bits per heavy atom. The molecule has 4 heteroatoms. The third-order valence-corrected chi connectivity index (χ3v) is 3.62. The smallest absolute Gasteiger partial charge is 0.303 e. The largest absolute Gasteiger partial charge is 0.490 e. The third-order valence-electron chi connectivity index (χ3n) is 2.21. The maximum absolute atomic E-state index is 11.1. The highest BCUT2D eigenvalue weighted by Crippen LogP contribution is 2.24. The highest BCUT2D eigenvalue weighted by molar-refractivity contribution is 8.00. The average molecular weight is 282 g/mol. The van der Waals surface area contributed by atoms with Crippen molar-refractivity contribution in [2.24, 2.45) is 0 Å². The molecule has 0 aliphatic carbocycles. The minimum atomic E-state index is -0.267. The van der Waals surface area contributed by atoms with Gasteiger partial charge in [-0.1, -0.05) is 39.0 Å². The zero-order chi connectivity index (χ0) is 14.3. The van der Waals surface area contributed by atoms with Crippen LogP contribution < -0.4 is 4.74 Å². The predicted molar refractivity (Wildman–Crippen MR) is 79.7 cm³/mol. The van der Waals surface area contributed by atoms with Gasteiger partial charge in [0.15, 0.2) is 0 Å². The molecule has 0 aliphatic heterocycles. The van der Waals surface area contributed by atoms with Crippen LogP contribution in [0.1, 0.15) is 27.7 Å². The van der Waals surface area contributed by atoms with Gasteiger partial charge in [0.05, 0.1) is 0 Å². The number of carbonyl (C=O) groups excluding carboxylic acids is 1. The molecule has 1 rings (SSSR count). The quantitative estimate of drug-likeness (QED) is 0.748. The fraction of sp³-hybridized carbons (Fsp3) is 0.533. The Labute approximate surface area is 119 Å². The van der Waals surface area contributed by atoms with E-state index in [0.717, 1.165) is 11.5 Å². The van der Waals surface area contributed by atoms with E-state index in [1.54, 1.807) is 11.8 Å². The van der Waals surface area contributed by atoms with Crippen LogP contribution in [0.2, 0.25) is 0 Å². The first kappa shape index (κ1) is 15.9. The van der Waals surface area contributed by atoms with Crippen LogP contribution in [0.5, 0.6) is 5.75 Å². The molecular weight excluding hydrogens is 260 g/mol. The number of benzene rings is 1. The second-order valence-electron chi connectivity index (χ2n) is 5.28. The number of ether oxygens (including phenoxy) is 2. The molecule has 0 amide bonds. The van der Waals surface area contributed by atoms with Gasteiger partial charge < -0.3 is 9.47 Å². The number of hydrogen-bond donors (Lipinski definition) is 0. The Bertz CT molecular complexity index is 384. The topological polar surface area (TPSA) is 35.5 Å². The van der Waals surface area contributed by atoms with Gasteiger partial charge in [-0.15, -0.1) is 0 Å². The van der Waals surface area contributed by atoms with E-state index in [2.05, 4.69) is 20.8 Å². The van der Waals surface area contributed by atoms with Gasteiger partial charge >= 0.3 is 5.97 Å². The van der Waals surface area contributed by atoms with Gasteiger partial charge in [0.25, 0.3) is 0 Å². The summed E-state index contributed by atoms with van der Waals surface area (Å²) >= 11 is 1.76. The second kappa shape index (κ2) is 7.43. The number of rotatable bonds is 6. The van der Waals surface area contributed by atoms with E-state index in [9.17, 15) is 4.79 Å². The summed E-state index contributed by atoms with van der Waals surface area (Å²) in [6.45, 7) is 8.23. The van der Waals surface area contributed by atoms with Crippen molar-refractivity contribution in [3.8, 4) is 5.75 Å². The van der Waals surface area contributed by atoms with Crippen LogP contribution in [0, 0.1) is 0 Å². The first-order chi connectivity index (χ1) is 8.87. The summed E-state index contributed by atoms with van der Waals surface area (Å²) < 4.78 is 11.1. The van der Waals surface area contributed by atoms with Crippen LogP contribution in [0.25, 0.3) is 0 Å². The summed E-state index contributed by atoms with van der Waals surface area (Å²) in [6.07, 6.45) is -0.220. The summed E-state index contributed by atoms with van der Waals surface area (Å²) in [4.78, 5) is 11.1. The predicted octanol–water partition coefficient (Wildman–Crippen LogP) is 3.53. The SMILES string of the molecule is CC(=O)O[C@@H](COc1ccccc1)CSC(C)(C)C. The molecule has 0 saturated heterocycles. The van der Waals surface area contributed by atoms with Crippen LogP contribution >= 0.6 is 11.8 Å². The van der Waals surface area contributed by atoms with Crippen LogP contribution in [0.4, 0.5) is 0 Å². The molecule has 1 aromatic carbocycles. The number of carbonyl (C=O) groups is 1. The van der Waals surface area contributed by atoms with Crippen molar-refractivity contribution in [2.75, 3.05) is 12.4 Å². The van der Waals surface area contributed by atoms with Gasteiger partial charge in [-0.05, 0) is 12.1 Å². The fourth-order valence-corrected chi connectivity index (χ4v) is 2.25. The van der Waals surface area contributed by atoms with Crippen molar-refractivity contribution in [2.45, 2.75) is 38.5 Å². The molecule has 0 aliphatic rings. The molecule has 0 bridgehead atoms. The lowest BCUT2D eigenvalue weighted by Gasteiger charge is -2.23. The zero-order valence-corrected chi connectivity index (χ0v) is 12.8. The summed E-state index contributed by atoms with van der Waals surface area (Å²) in [6, 6.07) is 9.55. The van der Waals surface area contributed by atoms with E-state index in [1.165, 1.54) is 6.92 Å². The standard InChI is InChI=1S/C15H22O3S/c1-12(16)18-14(11-19-15(2,3)4)10-17-13-8-6-5-7-9-13/h5-9,14H,10-11H2,1-4H3/t14-/m0/s1. The number of hydrogen-bond acceptors (Lipinski definition) is 4. The van der Waals surface area contributed by atoms with Crippen molar-refractivity contribution in [3.05, 3.63) is 30.3 Å². The van der Waals surface area contributed by atoms with Gasteiger partial charge in [-0.25, -0.2) is 0 Å². The van der Waals surface area contributed by atoms with E-state index in [0.29, 0.717) is 6.61 Å². The highest BCUT2D eigenvalue weighted by Gasteiger charge is 2.18. The molecule has 0 N–H and O–H groups in total. The normalized spacial score (nSPS) is 12.8. The van der Waals surface area contributed by atoms with Gasteiger partial charge in [0, 0.05) is 17.4 Å². The lowest BCUT2D eigenvalue weighted by molar-refractivity contribution is -0.146. The second-order valence-corrected chi connectivity index (χ2v) is 7.13.